The normalized spacial score (nSPS) is 13.6. The topological polar surface area (TPSA) is 85.9 Å². The minimum atomic E-state index is -0.0932. The highest BCUT2D eigenvalue weighted by molar-refractivity contribution is 5.88. The Hall–Kier alpha value is -4.47. The number of benzene rings is 3. The first-order chi connectivity index (χ1) is 20.9. The number of amides is 1. The quantitative estimate of drug-likeness (QED) is 0.213. The maximum absolute atomic E-state index is 11.3. The summed E-state index contributed by atoms with van der Waals surface area (Å²) in [5.74, 6) is 1.39. The molecule has 2 heterocycles. The average Bonchev–Trinajstić information content (AvgIpc) is 3.01. The maximum Gasteiger partial charge on any atom is 0.227 e. The standard InChI is InChI=1S/C34H41N7O2/c1-26(42)36-29-9-7-28(8-10-29)33-17-18-35-34(38-33)37-30-11-13-31(14-12-30)41-22-20-40(21-23-41)25-27-5-15-32(16-6-27)43-24-4-19-39(2)3/h5-18H,4,19-25H2,1-3H3,(H,36,42)(H,35,37,38). The zero-order valence-electron chi connectivity index (χ0n) is 25.3. The molecule has 0 spiro atoms. The third kappa shape index (κ3) is 9.01. The number of hydrogen-bond acceptors (Lipinski definition) is 8. The summed E-state index contributed by atoms with van der Waals surface area (Å²) >= 11 is 0. The van der Waals surface area contributed by atoms with Crippen LogP contribution in [0.5, 0.6) is 5.75 Å². The van der Waals surface area contributed by atoms with Gasteiger partial charge in [-0.2, -0.15) is 0 Å². The molecule has 5 rings (SSSR count). The highest BCUT2D eigenvalue weighted by Gasteiger charge is 2.17. The van der Waals surface area contributed by atoms with Gasteiger partial charge < -0.3 is 25.2 Å². The maximum atomic E-state index is 11.3. The summed E-state index contributed by atoms with van der Waals surface area (Å²) < 4.78 is 5.87. The van der Waals surface area contributed by atoms with Crippen LogP contribution in [-0.2, 0) is 11.3 Å². The number of nitrogens with zero attached hydrogens (tertiary/aromatic N) is 5. The summed E-state index contributed by atoms with van der Waals surface area (Å²) in [6.45, 7) is 8.26. The highest BCUT2D eigenvalue weighted by Crippen LogP contribution is 2.24. The van der Waals surface area contributed by atoms with E-state index in [0.717, 1.165) is 80.7 Å². The second-order valence-corrected chi connectivity index (χ2v) is 11.1. The van der Waals surface area contributed by atoms with Gasteiger partial charge >= 0.3 is 0 Å². The van der Waals surface area contributed by atoms with Crippen molar-refractivity contribution in [3.05, 3.63) is 90.6 Å². The molecule has 224 valence electrons. The van der Waals surface area contributed by atoms with E-state index < -0.39 is 0 Å². The third-order valence-electron chi connectivity index (χ3n) is 7.37. The van der Waals surface area contributed by atoms with E-state index in [4.69, 9.17) is 4.74 Å². The van der Waals surface area contributed by atoms with E-state index in [1.807, 2.05) is 30.3 Å². The first-order valence-corrected chi connectivity index (χ1v) is 14.8. The minimum Gasteiger partial charge on any atom is -0.494 e. The van der Waals surface area contributed by atoms with Gasteiger partial charge in [-0.1, -0.05) is 24.3 Å². The van der Waals surface area contributed by atoms with Crippen molar-refractivity contribution in [3.8, 4) is 17.0 Å². The van der Waals surface area contributed by atoms with Crippen molar-refractivity contribution >= 4 is 28.9 Å². The second-order valence-electron chi connectivity index (χ2n) is 11.1. The molecule has 1 saturated heterocycles. The van der Waals surface area contributed by atoms with E-state index in [1.54, 1.807) is 6.20 Å². The van der Waals surface area contributed by atoms with Crippen LogP contribution in [0.4, 0.5) is 23.0 Å². The number of hydrogen-bond donors (Lipinski definition) is 2. The molecule has 4 aromatic rings. The van der Waals surface area contributed by atoms with E-state index in [0.29, 0.717) is 5.95 Å². The number of anilines is 4. The van der Waals surface area contributed by atoms with Crippen LogP contribution in [-0.4, -0.2) is 79.1 Å². The average molecular weight is 580 g/mol. The third-order valence-corrected chi connectivity index (χ3v) is 7.37. The largest absolute Gasteiger partial charge is 0.494 e. The van der Waals surface area contributed by atoms with E-state index in [-0.39, 0.29) is 5.91 Å². The van der Waals surface area contributed by atoms with Gasteiger partial charge in [0.2, 0.25) is 11.9 Å². The Labute approximate surface area is 254 Å². The number of ether oxygens (including phenoxy) is 1. The molecule has 1 amide bonds. The fourth-order valence-corrected chi connectivity index (χ4v) is 5.08. The van der Waals surface area contributed by atoms with Crippen LogP contribution in [0.1, 0.15) is 18.9 Å². The Kier molecular flexibility index (Phi) is 10.2. The van der Waals surface area contributed by atoms with E-state index in [1.165, 1.54) is 18.2 Å². The monoisotopic (exact) mass is 579 g/mol. The molecule has 2 N–H and O–H groups in total. The second kappa shape index (κ2) is 14.6. The molecule has 0 saturated carbocycles. The number of aromatic nitrogens is 2. The number of rotatable bonds is 12. The Morgan fingerprint density at radius 3 is 2.26 bits per heavy atom. The lowest BCUT2D eigenvalue weighted by Gasteiger charge is -2.36. The lowest BCUT2D eigenvalue weighted by molar-refractivity contribution is -0.114. The molecule has 3 aromatic carbocycles. The molecule has 0 radical (unpaired) electrons. The van der Waals surface area contributed by atoms with Crippen molar-refractivity contribution < 1.29 is 9.53 Å². The van der Waals surface area contributed by atoms with E-state index in [9.17, 15) is 4.79 Å². The molecule has 1 aliphatic rings. The summed E-state index contributed by atoms with van der Waals surface area (Å²) in [7, 11) is 4.17. The number of nitrogens with one attached hydrogen (secondary N) is 2. The predicted octanol–water partition coefficient (Wildman–Crippen LogP) is 5.50. The number of carbonyl (C=O) groups is 1. The summed E-state index contributed by atoms with van der Waals surface area (Å²) in [6.07, 6.45) is 2.77. The van der Waals surface area contributed by atoms with Gasteiger partial charge in [0.05, 0.1) is 12.3 Å². The van der Waals surface area contributed by atoms with Gasteiger partial charge in [0.25, 0.3) is 0 Å². The summed E-state index contributed by atoms with van der Waals surface area (Å²) in [4.78, 5) is 27.5. The van der Waals surface area contributed by atoms with Crippen molar-refractivity contribution in [2.75, 3.05) is 69.0 Å². The summed E-state index contributed by atoms with van der Waals surface area (Å²) in [5.41, 5.74) is 5.98. The minimum absolute atomic E-state index is 0.0932. The first kappa shape index (κ1) is 30.0. The molecule has 1 aliphatic heterocycles. The SMILES string of the molecule is CC(=O)Nc1ccc(-c2ccnc(Nc3ccc(N4CCN(Cc5ccc(OCCCN(C)C)cc5)CC4)cc3)n2)cc1. The van der Waals surface area contributed by atoms with Gasteiger partial charge in [0, 0.05) is 75.0 Å². The fraction of sp³-hybridized carbons (Fsp3) is 0.324. The Morgan fingerprint density at radius 2 is 1.58 bits per heavy atom. The Morgan fingerprint density at radius 1 is 0.884 bits per heavy atom. The first-order valence-electron chi connectivity index (χ1n) is 14.8. The van der Waals surface area contributed by atoms with Crippen molar-refractivity contribution in [2.24, 2.45) is 0 Å². The van der Waals surface area contributed by atoms with Crippen LogP contribution in [0, 0.1) is 0 Å². The lowest BCUT2D eigenvalue weighted by Crippen LogP contribution is -2.45. The molecule has 0 bridgehead atoms. The molecular formula is C34H41N7O2. The van der Waals surface area contributed by atoms with Crippen molar-refractivity contribution in [1.82, 2.24) is 19.8 Å². The van der Waals surface area contributed by atoms with Crippen LogP contribution in [0.3, 0.4) is 0 Å². The Balaban J connectivity index is 1.08. The molecule has 0 aliphatic carbocycles. The predicted molar refractivity (Wildman–Crippen MR) is 174 cm³/mol. The molecule has 1 fully saturated rings. The van der Waals surface area contributed by atoms with Crippen LogP contribution in [0.15, 0.2) is 85.1 Å². The molecule has 0 atom stereocenters. The van der Waals surface area contributed by atoms with Crippen LogP contribution in [0.2, 0.25) is 0 Å². The zero-order chi connectivity index (χ0) is 30.0. The van der Waals surface area contributed by atoms with Gasteiger partial charge in [0.15, 0.2) is 0 Å². The summed E-state index contributed by atoms with van der Waals surface area (Å²) in [5, 5.41) is 6.10. The van der Waals surface area contributed by atoms with Gasteiger partial charge in [-0.3, -0.25) is 9.69 Å². The Bertz CT molecular complexity index is 1450. The summed E-state index contributed by atoms with van der Waals surface area (Å²) in [6, 6.07) is 26.5. The molecular weight excluding hydrogens is 538 g/mol. The van der Waals surface area contributed by atoms with Gasteiger partial charge in [0.1, 0.15) is 5.75 Å². The molecule has 9 heteroatoms. The molecule has 0 unspecified atom stereocenters. The van der Waals surface area contributed by atoms with Crippen LogP contribution >= 0.6 is 0 Å². The number of piperazine rings is 1. The smallest absolute Gasteiger partial charge is 0.227 e. The molecule has 43 heavy (non-hydrogen) atoms. The highest BCUT2D eigenvalue weighted by atomic mass is 16.5. The lowest BCUT2D eigenvalue weighted by atomic mass is 10.1. The number of carbonyl (C=O) groups excluding carboxylic acids is 1. The van der Waals surface area contributed by atoms with E-state index >= 15 is 0 Å². The zero-order valence-corrected chi connectivity index (χ0v) is 25.3. The van der Waals surface area contributed by atoms with Gasteiger partial charge in [-0.15, -0.1) is 0 Å². The van der Waals surface area contributed by atoms with Crippen molar-refractivity contribution in [3.63, 3.8) is 0 Å². The van der Waals surface area contributed by atoms with Crippen LogP contribution < -0.4 is 20.3 Å². The molecule has 9 nitrogen and oxygen atoms in total. The van der Waals surface area contributed by atoms with Crippen molar-refractivity contribution in [2.45, 2.75) is 19.9 Å². The van der Waals surface area contributed by atoms with Gasteiger partial charge in [-0.25, -0.2) is 9.97 Å². The van der Waals surface area contributed by atoms with Crippen LogP contribution in [0.25, 0.3) is 11.3 Å². The molecule has 1 aromatic heterocycles. The fourth-order valence-electron chi connectivity index (χ4n) is 5.08. The van der Waals surface area contributed by atoms with Crippen molar-refractivity contribution in [1.29, 1.82) is 0 Å². The van der Waals surface area contributed by atoms with Gasteiger partial charge in [-0.05, 0) is 80.7 Å². The van der Waals surface area contributed by atoms with E-state index in [2.05, 4.69) is 97.9 Å².